The van der Waals surface area contributed by atoms with Crippen LogP contribution >= 0.6 is 15.9 Å². The third-order valence-corrected chi connectivity index (χ3v) is 4.33. The van der Waals surface area contributed by atoms with E-state index >= 15 is 0 Å². The molecule has 0 saturated carbocycles. The van der Waals surface area contributed by atoms with Crippen molar-refractivity contribution in [1.29, 1.82) is 0 Å². The molecule has 0 atom stereocenters. The smallest absolute Gasteiger partial charge is 0.260 e. The van der Waals surface area contributed by atoms with Crippen LogP contribution in [0.3, 0.4) is 0 Å². The number of carbonyl (C=O) groups is 2. The van der Waals surface area contributed by atoms with Crippen molar-refractivity contribution in [2.75, 3.05) is 26.7 Å². The molecule has 0 aliphatic carbocycles. The topological polar surface area (TPSA) is 58.6 Å². The van der Waals surface area contributed by atoms with Crippen molar-refractivity contribution in [2.45, 2.75) is 12.8 Å². The first-order valence-electron chi connectivity index (χ1n) is 7.08. The van der Waals surface area contributed by atoms with Crippen LogP contribution in [0.25, 0.3) is 0 Å². The van der Waals surface area contributed by atoms with Crippen molar-refractivity contribution >= 4 is 27.7 Å². The zero-order valence-electron chi connectivity index (χ0n) is 12.3. The summed E-state index contributed by atoms with van der Waals surface area (Å²) in [5, 5.41) is 2.63. The zero-order valence-corrected chi connectivity index (χ0v) is 13.9. The Morgan fingerprint density at radius 3 is 2.68 bits per heavy atom. The van der Waals surface area contributed by atoms with Gasteiger partial charge in [0.2, 0.25) is 5.91 Å². The summed E-state index contributed by atoms with van der Waals surface area (Å²) in [6.07, 6.45) is 1.32. The van der Waals surface area contributed by atoms with E-state index in [-0.39, 0.29) is 30.2 Å². The van der Waals surface area contributed by atoms with Crippen LogP contribution in [0.1, 0.15) is 12.8 Å². The van der Waals surface area contributed by atoms with Crippen molar-refractivity contribution in [2.24, 2.45) is 5.92 Å². The van der Waals surface area contributed by atoms with Crippen molar-refractivity contribution < 1.29 is 18.7 Å². The molecule has 0 aromatic heterocycles. The fourth-order valence-electron chi connectivity index (χ4n) is 2.42. The van der Waals surface area contributed by atoms with Crippen LogP contribution in [0.15, 0.2) is 22.7 Å². The molecule has 0 radical (unpaired) electrons. The van der Waals surface area contributed by atoms with Gasteiger partial charge < -0.3 is 15.0 Å². The van der Waals surface area contributed by atoms with Crippen molar-refractivity contribution in [3.63, 3.8) is 0 Å². The summed E-state index contributed by atoms with van der Waals surface area (Å²) in [5.41, 5.74) is 0. The van der Waals surface area contributed by atoms with Gasteiger partial charge in [-0.3, -0.25) is 9.59 Å². The Balaban J connectivity index is 1.82. The van der Waals surface area contributed by atoms with E-state index in [1.165, 1.54) is 18.2 Å². The molecule has 1 aromatic rings. The molecular formula is C15H18BrFN2O3. The SMILES string of the molecule is CNC(=O)C1CCN(C(=O)COc2ccc(F)cc2Br)CC1. The lowest BCUT2D eigenvalue weighted by atomic mass is 9.96. The molecule has 1 saturated heterocycles. The average Bonchev–Trinajstić information content (AvgIpc) is 2.53. The number of hydrogen-bond acceptors (Lipinski definition) is 3. The summed E-state index contributed by atoms with van der Waals surface area (Å²) in [6, 6.07) is 4.04. The van der Waals surface area contributed by atoms with Crippen LogP contribution in [-0.2, 0) is 9.59 Å². The van der Waals surface area contributed by atoms with Crippen LogP contribution in [0, 0.1) is 11.7 Å². The molecule has 1 heterocycles. The Morgan fingerprint density at radius 1 is 1.41 bits per heavy atom. The second-order valence-corrected chi connectivity index (χ2v) is 5.99. The number of rotatable bonds is 4. The predicted molar refractivity (Wildman–Crippen MR) is 83.0 cm³/mol. The number of hydrogen-bond donors (Lipinski definition) is 1. The highest BCUT2D eigenvalue weighted by Crippen LogP contribution is 2.25. The minimum atomic E-state index is -0.373. The predicted octanol–water partition coefficient (Wildman–Crippen LogP) is 1.95. The number of nitrogens with zero attached hydrogens (tertiary/aromatic N) is 1. The molecule has 1 N–H and O–H groups in total. The lowest BCUT2D eigenvalue weighted by Crippen LogP contribution is -2.44. The van der Waals surface area contributed by atoms with Crippen molar-refractivity contribution in [3.05, 3.63) is 28.5 Å². The number of carbonyl (C=O) groups excluding carboxylic acids is 2. The Morgan fingerprint density at radius 2 is 2.09 bits per heavy atom. The van der Waals surface area contributed by atoms with Crippen molar-refractivity contribution in [3.8, 4) is 5.75 Å². The van der Waals surface area contributed by atoms with Crippen LogP contribution in [0.5, 0.6) is 5.75 Å². The summed E-state index contributed by atoms with van der Waals surface area (Å²) in [6.45, 7) is 0.991. The molecule has 1 aliphatic rings. The van der Waals surface area contributed by atoms with Gasteiger partial charge in [0.05, 0.1) is 4.47 Å². The van der Waals surface area contributed by atoms with E-state index in [1.54, 1.807) is 11.9 Å². The van der Waals surface area contributed by atoms with Crippen LogP contribution < -0.4 is 10.1 Å². The van der Waals surface area contributed by atoms with Gasteiger partial charge in [0.1, 0.15) is 11.6 Å². The molecule has 0 spiro atoms. The minimum Gasteiger partial charge on any atom is -0.483 e. The highest BCUT2D eigenvalue weighted by atomic mass is 79.9. The maximum absolute atomic E-state index is 13.0. The summed E-state index contributed by atoms with van der Waals surface area (Å²) in [4.78, 5) is 25.3. The molecular weight excluding hydrogens is 355 g/mol. The Hall–Kier alpha value is -1.63. The van der Waals surface area contributed by atoms with Gasteiger partial charge in [-0.2, -0.15) is 0 Å². The molecule has 0 bridgehead atoms. The van der Waals surface area contributed by atoms with E-state index in [2.05, 4.69) is 21.2 Å². The van der Waals surface area contributed by atoms with Gasteiger partial charge in [-0.15, -0.1) is 0 Å². The third-order valence-electron chi connectivity index (χ3n) is 3.71. The zero-order chi connectivity index (χ0) is 16.1. The minimum absolute atomic E-state index is 0.0265. The van der Waals surface area contributed by atoms with E-state index in [4.69, 9.17) is 4.74 Å². The molecule has 1 aromatic carbocycles. The standard InChI is InChI=1S/C15H18BrFN2O3/c1-18-15(21)10-4-6-19(7-5-10)14(20)9-22-13-3-2-11(17)8-12(13)16/h2-3,8,10H,4-7,9H2,1H3,(H,18,21). The van der Waals surface area contributed by atoms with E-state index in [0.717, 1.165) is 0 Å². The van der Waals surface area contributed by atoms with Gasteiger partial charge in [0, 0.05) is 26.1 Å². The van der Waals surface area contributed by atoms with E-state index in [1.807, 2.05) is 0 Å². The van der Waals surface area contributed by atoms with Gasteiger partial charge in [-0.1, -0.05) is 0 Å². The molecule has 5 nitrogen and oxygen atoms in total. The molecule has 1 fully saturated rings. The van der Waals surface area contributed by atoms with Crippen LogP contribution in [0.2, 0.25) is 0 Å². The molecule has 22 heavy (non-hydrogen) atoms. The molecule has 7 heteroatoms. The number of benzene rings is 1. The first-order chi connectivity index (χ1) is 10.5. The number of nitrogens with one attached hydrogen (secondary N) is 1. The quantitative estimate of drug-likeness (QED) is 0.878. The maximum atomic E-state index is 13.0. The Kier molecular flexibility index (Phi) is 5.76. The Bertz CT molecular complexity index is 560. The maximum Gasteiger partial charge on any atom is 0.260 e. The third kappa shape index (κ3) is 4.19. The molecule has 2 amide bonds. The monoisotopic (exact) mass is 372 g/mol. The van der Waals surface area contributed by atoms with Gasteiger partial charge in [-0.05, 0) is 47.0 Å². The van der Waals surface area contributed by atoms with E-state index < -0.39 is 0 Å². The molecule has 120 valence electrons. The van der Waals surface area contributed by atoms with Gasteiger partial charge in [0.25, 0.3) is 5.91 Å². The molecule has 1 aliphatic heterocycles. The largest absolute Gasteiger partial charge is 0.483 e. The number of likely N-dealkylation sites (tertiary alicyclic amines) is 1. The summed E-state index contributed by atoms with van der Waals surface area (Å²) < 4.78 is 18.9. The fraction of sp³-hybridized carbons (Fsp3) is 0.467. The van der Waals surface area contributed by atoms with Gasteiger partial charge in [-0.25, -0.2) is 4.39 Å². The van der Waals surface area contributed by atoms with Crippen molar-refractivity contribution in [1.82, 2.24) is 10.2 Å². The second-order valence-electron chi connectivity index (χ2n) is 5.13. The lowest BCUT2D eigenvalue weighted by Gasteiger charge is -2.31. The van der Waals surface area contributed by atoms with E-state index in [9.17, 15) is 14.0 Å². The van der Waals surface area contributed by atoms with Gasteiger partial charge >= 0.3 is 0 Å². The first kappa shape index (κ1) is 16.7. The van der Waals surface area contributed by atoms with Crippen LogP contribution in [-0.4, -0.2) is 43.5 Å². The summed E-state index contributed by atoms with van der Waals surface area (Å²) in [5.74, 6) is -0.0804. The highest BCUT2D eigenvalue weighted by Gasteiger charge is 2.26. The van der Waals surface area contributed by atoms with Gasteiger partial charge in [0.15, 0.2) is 6.61 Å². The molecule has 2 rings (SSSR count). The van der Waals surface area contributed by atoms with Crippen LogP contribution in [0.4, 0.5) is 4.39 Å². The fourth-order valence-corrected chi connectivity index (χ4v) is 2.88. The number of amides is 2. The summed E-state index contributed by atoms with van der Waals surface area (Å²) in [7, 11) is 1.62. The normalized spacial score (nSPS) is 15.5. The van der Waals surface area contributed by atoms with E-state index in [0.29, 0.717) is 36.2 Å². The Labute approximate surface area is 136 Å². The first-order valence-corrected chi connectivity index (χ1v) is 7.87. The lowest BCUT2D eigenvalue weighted by molar-refractivity contribution is -0.137. The number of ether oxygens (including phenoxy) is 1. The second kappa shape index (κ2) is 7.58. The highest BCUT2D eigenvalue weighted by molar-refractivity contribution is 9.10. The average molecular weight is 373 g/mol. The molecule has 0 unspecified atom stereocenters. The summed E-state index contributed by atoms with van der Waals surface area (Å²) >= 11 is 3.19. The number of piperidine rings is 1. The number of halogens is 2.